The molecule has 0 saturated heterocycles. The molecule has 1 heterocycles. The summed E-state index contributed by atoms with van der Waals surface area (Å²) in [4.78, 5) is 4.25. The average Bonchev–Trinajstić information content (AvgIpc) is 2.31. The van der Waals surface area contributed by atoms with Crippen LogP contribution in [-0.2, 0) is 4.74 Å². The topological polar surface area (TPSA) is 38.7 Å². The molecule has 0 aliphatic heterocycles. The highest BCUT2D eigenvalue weighted by Crippen LogP contribution is 2.15. The van der Waals surface area contributed by atoms with Gasteiger partial charge in [-0.15, -0.1) is 0 Å². The molecule has 1 rings (SSSR count). The van der Waals surface area contributed by atoms with Gasteiger partial charge in [0.1, 0.15) is 5.76 Å². The minimum absolute atomic E-state index is 0.649. The van der Waals surface area contributed by atoms with E-state index in [-0.39, 0.29) is 0 Å². The minimum atomic E-state index is 0.649. The van der Waals surface area contributed by atoms with Gasteiger partial charge in [0.15, 0.2) is 5.69 Å². The molecule has 0 aromatic carbocycles. The summed E-state index contributed by atoms with van der Waals surface area (Å²) in [7, 11) is 3.60. The minimum Gasteiger partial charge on any atom is -0.497 e. The van der Waals surface area contributed by atoms with Gasteiger partial charge in [0.2, 0.25) is 0 Å². The number of hydrogen-bond donors (Lipinski definition) is 1. The molecule has 1 aromatic rings. The Morgan fingerprint density at radius 2 is 2.07 bits per heavy atom. The maximum atomic E-state index is 5.03. The van der Waals surface area contributed by atoms with Crippen LogP contribution in [0, 0.1) is 6.92 Å². The van der Waals surface area contributed by atoms with Crippen LogP contribution in [0.5, 0.6) is 0 Å². The Hall–Kier alpha value is -1.35. The molecule has 0 aliphatic carbocycles. The molecule has 0 saturated carbocycles. The van der Waals surface area contributed by atoms with Crippen molar-refractivity contribution >= 4 is 11.4 Å². The third kappa shape index (κ3) is 3.72. The van der Waals surface area contributed by atoms with Crippen molar-refractivity contribution in [3.8, 4) is 0 Å². The van der Waals surface area contributed by atoms with Crippen LogP contribution in [0.1, 0.15) is 25.1 Å². The summed E-state index contributed by atoms with van der Waals surface area (Å²) in [5, 5.41) is 2.02. The van der Waals surface area contributed by atoms with Crippen molar-refractivity contribution in [2.24, 2.45) is 0 Å². The van der Waals surface area contributed by atoms with Crippen molar-refractivity contribution in [1.29, 1.82) is 0 Å². The van der Waals surface area contributed by atoms with Gasteiger partial charge in [-0.3, -0.25) is 4.98 Å². The lowest BCUT2D eigenvalue weighted by Gasteiger charge is -2.05. The Bertz CT molecular complexity index is 321. The molecule has 2 N–H and O–H groups in total. The number of ether oxygens (including phenoxy) is 1. The zero-order chi connectivity index (χ0) is 11.8. The zero-order valence-electron chi connectivity index (χ0n) is 10.3. The lowest BCUT2D eigenvalue weighted by atomic mass is 10.2. The SMILES string of the molecule is C=C(OC)c1cnc(C)c([NH2+]C)c1.CC. The highest BCUT2D eigenvalue weighted by molar-refractivity contribution is 5.59. The molecule has 0 aliphatic rings. The predicted octanol–water partition coefficient (Wildman–Crippen LogP) is 1.86. The Morgan fingerprint density at radius 3 is 2.53 bits per heavy atom. The smallest absolute Gasteiger partial charge is 0.151 e. The summed E-state index contributed by atoms with van der Waals surface area (Å²) < 4.78 is 5.03. The highest BCUT2D eigenvalue weighted by Gasteiger charge is 2.05. The zero-order valence-corrected chi connectivity index (χ0v) is 10.3. The van der Waals surface area contributed by atoms with E-state index in [1.807, 2.05) is 39.2 Å². The molecule has 0 atom stereocenters. The van der Waals surface area contributed by atoms with Crippen molar-refractivity contribution in [1.82, 2.24) is 4.98 Å². The second-order valence-corrected chi connectivity index (χ2v) is 2.81. The largest absolute Gasteiger partial charge is 0.497 e. The van der Waals surface area contributed by atoms with E-state index in [1.54, 1.807) is 13.3 Å². The maximum absolute atomic E-state index is 5.03. The average molecular weight is 209 g/mol. The quantitative estimate of drug-likeness (QED) is 0.772. The van der Waals surface area contributed by atoms with E-state index in [1.165, 1.54) is 0 Å². The van der Waals surface area contributed by atoms with Gasteiger partial charge in [0, 0.05) is 17.8 Å². The van der Waals surface area contributed by atoms with Gasteiger partial charge < -0.3 is 10.1 Å². The number of rotatable bonds is 3. The van der Waals surface area contributed by atoms with Crippen molar-refractivity contribution in [2.45, 2.75) is 20.8 Å². The number of hydrogen-bond acceptors (Lipinski definition) is 2. The van der Waals surface area contributed by atoms with Crippen LogP contribution in [0.4, 0.5) is 5.69 Å². The van der Waals surface area contributed by atoms with Gasteiger partial charge in [0.25, 0.3) is 0 Å². The fraction of sp³-hybridized carbons (Fsp3) is 0.417. The standard InChI is InChI=1S/C10H14N2O.C2H6/c1-7-10(11-3)5-9(6-12-7)8(2)13-4;1-2/h5-6,11H,2H2,1,3-4H3;1-2H3/p+1. The van der Waals surface area contributed by atoms with Gasteiger partial charge in [-0.2, -0.15) is 0 Å². The first kappa shape index (κ1) is 13.7. The van der Waals surface area contributed by atoms with E-state index < -0.39 is 0 Å². The number of nitrogens with two attached hydrogens (primary N) is 1. The fourth-order valence-corrected chi connectivity index (χ4v) is 1.11. The Morgan fingerprint density at radius 1 is 1.47 bits per heavy atom. The summed E-state index contributed by atoms with van der Waals surface area (Å²) in [5.41, 5.74) is 3.08. The fourth-order valence-electron chi connectivity index (χ4n) is 1.11. The molecule has 0 spiro atoms. The maximum Gasteiger partial charge on any atom is 0.151 e. The molecular formula is C12H21N2O+. The van der Waals surface area contributed by atoms with Crippen LogP contribution < -0.4 is 5.32 Å². The van der Waals surface area contributed by atoms with Crippen LogP contribution in [0.15, 0.2) is 18.8 Å². The first-order valence-electron chi connectivity index (χ1n) is 5.18. The lowest BCUT2D eigenvalue weighted by molar-refractivity contribution is -0.540. The second kappa shape index (κ2) is 7.01. The van der Waals surface area contributed by atoms with Crippen LogP contribution in [-0.4, -0.2) is 19.1 Å². The third-order valence-corrected chi connectivity index (χ3v) is 2.01. The van der Waals surface area contributed by atoms with Gasteiger partial charge in [0.05, 0.1) is 19.9 Å². The highest BCUT2D eigenvalue weighted by atomic mass is 16.5. The number of quaternary nitrogens is 1. The molecular weight excluding hydrogens is 188 g/mol. The van der Waals surface area contributed by atoms with E-state index >= 15 is 0 Å². The molecule has 15 heavy (non-hydrogen) atoms. The molecule has 84 valence electrons. The van der Waals surface area contributed by atoms with E-state index in [2.05, 4.69) is 11.6 Å². The summed E-state index contributed by atoms with van der Waals surface area (Å²) >= 11 is 0. The van der Waals surface area contributed by atoms with Crippen molar-refractivity contribution < 1.29 is 10.1 Å². The molecule has 1 aromatic heterocycles. The summed E-state index contributed by atoms with van der Waals surface area (Å²) in [6.45, 7) is 9.75. The third-order valence-electron chi connectivity index (χ3n) is 2.01. The lowest BCUT2D eigenvalue weighted by Crippen LogP contribution is -2.73. The molecule has 3 heteroatoms. The van der Waals surface area contributed by atoms with E-state index in [9.17, 15) is 0 Å². The van der Waals surface area contributed by atoms with Crippen molar-refractivity contribution in [2.75, 3.05) is 14.2 Å². The number of nitrogens with zero attached hydrogens (tertiary/aromatic N) is 1. The summed E-state index contributed by atoms with van der Waals surface area (Å²) in [6, 6.07) is 2.02. The monoisotopic (exact) mass is 209 g/mol. The summed E-state index contributed by atoms with van der Waals surface area (Å²) in [6.07, 6.45) is 1.77. The van der Waals surface area contributed by atoms with Gasteiger partial charge >= 0.3 is 0 Å². The number of aromatic nitrogens is 1. The van der Waals surface area contributed by atoms with E-state index in [0.717, 1.165) is 16.9 Å². The Balaban J connectivity index is 0.000000921. The van der Waals surface area contributed by atoms with Crippen LogP contribution in [0.2, 0.25) is 0 Å². The van der Waals surface area contributed by atoms with Gasteiger partial charge in [-0.1, -0.05) is 20.4 Å². The van der Waals surface area contributed by atoms with Crippen LogP contribution in [0.3, 0.4) is 0 Å². The van der Waals surface area contributed by atoms with Gasteiger partial charge in [-0.05, 0) is 6.92 Å². The first-order valence-corrected chi connectivity index (χ1v) is 5.18. The number of aryl methyl sites for hydroxylation is 1. The summed E-state index contributed by atoms with van der Waals surface area (Å²) in [5.74, 6) is 0.649. The molecule has 0 unspecified atom stereocenters. The molecule has 3 nitrogen and oxygen atoms in total. The first-order chi connectivity index (χ1) is 7.19. The van der Waals surface area contributed by atoms with Crippen LogP contribution >= 0.6 is 0 Å². The van der Waals surface area contributed by atoms with Crippen molar-refractivity contribution in [3.05, 3.63) is 30.1 Å². The van der Waals surface area contributed by atoms with Gasteiger partial charge in [-0.25, -0.2) is 0 Å². The second-order valence-electron chi connectivity index (χ2n) is 2.81. The molecule has 0 radical (unpaired) electrons. The van der Waals surface area contributed by atoms with E-state index in [4.69, 9.17) is 4.74 Å². The number of methoxy groups -OCH3 is 1. The molecule has 0 bridgehead atoms. The normalized spacial score (nSPS) is 8.87. The molecule has 0 amide bonds. The van der Waals surface area contributed by atoms with Crippen LogP contribution in [0.25, 0.3) is 5.76 Å². The Labute approximate surface area is 92.2 Å². The number of pyridine rings is 1. The van der Waals surface area contributed by atoms with E-state index in [0.29, 0.717) is 5.76 Å². The predicted molar refractivity (Wildman–Crippen MR) is 63.9 cm³/mol. The Kier molecular flexibility index (Phi) is 6.38. The molecule has 0 fully saturated rings. The van der Waals surface area contributed by atoms with Crippen molar-refractivity contribution in [3.63, 3.8) is 0 Å².